The van der Waals surface area contributed by atoms with E-state index in [1.165, 1.54) is 12.1 Å². The van der Waals surface area contributed by atoms with Crippen LogP contribution in [0.1, 0.15) is 35.1 Å². The van der Waals surface area contributed by atoms with Crippen LogP contribution in [0.4, 0.5) is 4.39 Å². The molecule has 0 radical (unpaired) electrons. The lowest BCUT2D eigenvalue weighted by atomic mass is 10.0. The van der Waals surface area contributed by atoms with Gasteiger partial charge in [-0.05, 0) is 35.6 Å². The highest BCUT2D eigenvalue weighted by Gasteiger charge is 2.21. The monoisotopic (exact) mass is 355 g/mol. The standard InChI is InChI=1S/C15H15BrFNOS/c1-9(2)14(13-4-3-7-20-13)18-15(19)11-8-10(16)5-6-12(11)17/h3-9,14H,1-2H3,(H,18,19). The van der Waals surface area contributed by atoms with Crippen LogP contribution in [0.2, 0.25) is 0 Å². The van der Waals surface area contributed by atoms with Gasteiger partial charge in [0.1, 0.15) is 5.82 Å². The smallest absolute Gasteiger partial charge is 0.254 e. The van der Waals surface area contributed by atoms with E-state index in [-0.39, 0.29) is 17.5 Å². The predicted molar refractivity (Wildman–Crippen MR) is 83.5 cm³/mol. The van der Waals surface area contributed by atoms with Crippen molar-refractivity contribution in [2.24, 2.45) is 5.92 Å². The summed E-state index contributed by atoms with van der Waals surface area (Å²) in [6.07, 6.45) is 0. The van der Waals surface area contributed by atoms with Gasteiger partial charge in [0, 0.05) is 9.35 Å². The fourth-order valence-corrected chi connectivity index (χ4v) is 3.24. The molecule has 0 saturated carbocycles. The number of hydrogen-bond donors (Lipinski definition) is 1. The number of halogens is 2. The fourth-order valence-electron chi connectivity index (χ4n) is 1.93. The number of benzene rings is 1. The number of nitrogens with one attached hydrogen (secondary N) is 1. The number of rotatable bonds is 4. The summed E-state index contributed by atoms with van der Waals surface area (Å²) in [5.74, 6) is -0.678. The van der Waals surface area contributed by atoms with Gasteiger partial charge in [0.2, 0.25) is 0 Å². The molecule has 0 aliphatic heterocycles. The first kappa shape index (κ1) is 15.2. The minimum atomic E-state index is -0.514. The first-order valence-electron chi connectivity index (χ1n) is 6.28. The van der Waals surface area contributed by atoms with Gasteiger partial charge in [0.15, 0.2) is 0 Å². The van der Waals surface area contributed by atoms with E-state index in [9.17, 15) is 9.18 Å². The Morgan fingerprint density at radius 2 is 2.10 bits per heavy atom. The van der Waals surface area contributed by atoms with Crippen LogP contribution in [0.5, 0.6) is 0 Å². The summed E-state index contributed by atoms with van der Waals surface area (Å²) in [5.41, 5.74) is 0.0570. The first-order chi connectivity index (χ1) is 9.49. The summed E-state index contributed by atoms with van der Waals surface area (Å²) in [6, 6.07) is 8.17. The quantitative estimate of drug-likeness (QED) is 0.840. The lowest BCUT2D eigenvalue weighted by Crippen LogP contribution is -2.31. The van der Waals surface area contributed by atoms with Crippen molar-refractivity contribution in [3.05, 3.63) is 56.4 Å². The molecule has 106 valence electrons. The molecule has 0 aliphatic rings. The zero-order valence-corrected chi connectivity index (χ0v) is 13.6. The molecule has 1 amide bonds. The Bertz CT molecular complexity index is 598. The van der Waals surface area contributed by atoms with Crippen molar-refractivity contribution >= 4 is 33.2 Å². The van der Waals surface area contributed by atoms with Gasteiger partial charge in [0.25, 0.3) is 5.91 Å². The average molecular weight is 356 g/mol. The normalized spacial score (nSPS) is 12.4. The Balaban J connectivity index is 2.23. The second-order valence-corrected chi connectivity index (χ2v) is 6.73. The maximum Gasteiger partial charge on any atom is 0.254 e. The van der Waals surface area contributed by atoms with Crippen LogP contribution in [0, 0.1) is 11.7 Å². The summed E-state index contributed by atoms with van der Waals surface area (Å²) < 4.78 is 14.4. The van der Waals surface area contributed by atoms with Crippen LogP contribution < -0.4 is 5.32 Å². The summed E-state index contributed by atoms with van der Waals surface area (Å²) in [7, 11) is 0. The van der Waals surface area contributed by atoms with E-state index in [0.717, 1.165) is 4.88 Å². The second kappa shape index (κ2) is 6.50. The molecule has 5 heteroatoms. The maximum atomic E-state index is 13.7. The molecular formula is C15H15BrFNOS. The SMILES string of the molecule is CC(C)C(NC(=O)c1cc(Br)ccc1F)c1cccs1. The van der Waals surface area contributed by atoms with E-state index in [1.807, 2.05) is 31.4 Å². The third kappa shape index (κ3) is 3.46. The van der Waals surface area contributed by atoms with Gasteiger partial charge in [-0.25, -0.2) is 4.39 Å². The van der Waals surface area contributed by atoms with E-state index in [4.69, 9.17) is 0 Å². The molecule has 0 bridgehead atoms. The van der Waals surface area contributed by atoms with E-state index < -0.39 is 11.7 Å². The third-order valence-electron chi connectivity index (χ3n) is 2.98. The van der Waals surface area contributed by atoms with Crippen LogP contribution in [0.3, 0.4) is 0 Å². The highest BCUT2D eigenvalue weighted by atomic mass is 79.9. The minimum Gasteiger partial charge on any atom is -0.344 e. The molecule has 20 heavy (non-hydrogen) atoms. The molecule has 0 aliphatic carbocycles. The van der Waals surface area contributed by atoms with Crippen LogP contribution in [0.15, 0.2) is 40.2 Å². The van der Waals surface area contributed by atoms with Gasteiger partial charge >= 0.3 is 0 Å². The van der Waals surface area contributed by atoms with Gasteiger partial charge in [-0.1, -0.05) is 35.8 Å². The molecule has 2 nitrogen and oxygen atoms in total. The van der Waals surface area contributed by atoms with E-state index in [1.54, 1.807) is 17.4 Å². The lowest BCUT2D eigenvalue weighted by molar-refractivity contribution is 0.0922. The molecule has 1 unspecified atom stereocenters. The van der Waals surface area contributed by atoms with E-state index in [0.29, 0.717) is 4.47 Å². The molecule has 0 saturated heterocycles. The van der Waals surface area contributed by atoms with E-state index in [2.05, 4.69) is 21.2 Å². The van der Waals surface area contributed by atoms with Crippen molar-refractivity contribution in [1.29, 1.82) is 0 Å². The zero-order chi connectivity index (χ0) is 14.7. The summed E-state index contributed by atoms with van der Waals surface area (Å²) in [4.78, 5) is 13.3. The highest BCUT2D eigenvalue weighted by Crippen LogP contribution is 2.26. The van der Waals surface area contributed by atoms with Gasteiger partial charge in [-0.2, -0.15) is 0 Å². The second-order valence-electron chi connectivity index (χ2n) is 4.83. The number of hydrogen-bond acceptors (Lipinski definition) is 2. The van der Waals surface area contributed by atoms with Crippen molar-refractivity contribution in [2.75, 3.05) is 0 Å². The Hall–Kier alpha value is -1.20. The zero-order valence-electron chi connectivity index (χ0n) is 11.2. The van der Waals surface area contributed by atoms with Crippen molar-refractivity contribution < 1.29 is 9.18 Å². The van der Waals surface area contributed by atoms with E-state index >= 15 is 0 Å². The highest BCUT2D eigenvalue weighted by molar-refractivity contribution is 9.10. The van der Waals surface area contributed by atoms with Gasteiger partial charge < -0.3 is 5.32 Å². The van der Waals surface area contributed by atoms with Crippen molar-refractivity contribution in [3.63, 3.8) is 0 Å². The van der Waals surface area contributed by atoms with Gasteiger partial charge in [0.05, 0.1) is 11.6 Å². The summed E-state index contributed by atoms with van der Waals surface area (Å²) in [5, 5.41) is 4.88. The number of carbonyl (C=O) groups is 1. The Morgan fingerprint density at radius 3 is 2.70 bits per heavy atom. The molecular weight excluding hydrogens is 341 g/mol. The van der Waals surface area contributed by atoms with Gasteiger partial charge in [-0.3, -0.25) is 4.79 Å². The molecule has 1 heterocycles. The Labute approximate surface area is 130 Å². The molecule has 1 aromatic carbocycles. The molecule has 1 atom stereocenters. The van der Waals surface area contributed by atoms with Crippen molar-refractivity contribution in [3.8, 4) is 0 Å². The van der Waals surface area contributed by atoms with Crippen molar-refractivity contribution in [1.82, 2.24) is 5.32 Å². The number of carbonyl (C=O) groups excluding carboxylic acids is 1. The summed E-state index contributed by atoms with van der Waals surface area (Å²) >= 11 is 4.84. The lowest BCUT2D eigenvalue weighted by Gasteiger charge is -2.21. The van der Waals surface area contributed by atoms with Crippen LogP contribution >= 0.6 is 27.3 Å². The topological polar surface area (TPSA) is 29.1 Å². The number of thiophene rings is 1. The average Bonchev–Trinajstić information content (AvgIpc) is 2.91. The Kier molecular flexibility index (Phi) is 4.94. The largest absolute Gasteiger partial charge is 0.344 e. The third-order valence-corrected chi connectivity index (χ3v) is 4.42. The molecule has 2 rings (SSSR count). The van der Waals surface area contributed by atoms with Crippen molar-refractivity contribution in [2.45, 2.75) is 19.9 Å². The molecule has 1 aromatic heterocycles. The fraction of sp³-hybridized carbons (Fsp3) is 0.267. The Morgan fingerprint density at radius 1 is 1.35 bits per heavy atom. The summed E-state index contributed by atoms with van der Waals surface area (Å²) in [6.45, 7) is 4.06. The minimum absolute atomic E-state index is 0.0570. The van der Waals surface area contributed by atoms with Crippen LogP contribution in [-0.4, -0.2) is 5.91 Å². The molecule has 0 spiro atoms. The molecule has 1 N–H and O–H groups in total. The van der Waals surface area contributed by atoms with Crippen LogP contribution in [0.25, 0.3) is 0 Å². The molecule has 2 aromatic rings. The van der Waals surface area contributed by atoms with Gasteiger partial charge in [-0.15, -0.1) is 11.3 Å². The first-order valence-corrected chi connectivity index (χ1v) is 7.95. The molecule has 0 fully saturated rings. The number of amides is 1. The maximum absolute atomic E-state index is 13.7. The predicted octanol–water partition coefficient (Wildman–Crippen LogP) is 4.78. The van der Waals surface area contributed by atoms with Crippen LogP contribution in [-0.2, 0) is 0 Å².